The van der Waals surface area contributed by atoms with Gasteiger partial charge in [-0.2, -0.15) is 0 Å². The van der Waals surface area contributed by atoms with E-state index in [2.05, 4.69) is 12.1 Å². The molecule has 3 heteroatoms. The van der Waals surface area contributed by atoms with E-state index in [0.717, 1.165) is 10.8 Å². The summed E-state index contributed by atoms with van der Waals surface area (Å²) in [5.74, 6) is 0.296. The predicted molar refractivity (Wildman–Crippen MR) is 65.1 cm³/mol. The molecule has 0 amide bonds. The van der Waals surface area contributed by atoms with Crippen molar-refractivity contribution in [2.24, 2.45) is 0 Å². The summed E-state index contributed by atoms with van der Waals surface area (Å²) in [6.45, 7) is 0. The number of hydrogen-bond acceptors (Lipinski definition) is 1. The normalized spacial score (nSPS) is 11.3. The van der Waals surface area contributed by atoms with Gasteiger partial charge in [-0.3, -0.25) is 0 Å². The van der Waals surface area contributed by atoms with Crippen molar-refractivity contribution in [3.8, 4) is 5.75 Å². The van der Waals surface area contributed by atoms with E-state index in [-0.39, 0.29) is 14.5 Å². The maximum absolute atomic E-state index is 9.88. The first kappa shape index (κ1) is 9.29. The van der Waals surface area contributed by atoms with Crippen molar-refractivity contribution >= 4 is 45.4 Å². The van der Waals surface area contributed by atoms with Gasteiger partial charge in [0, 0.05) is 0 Å². The molecule has 1 aromatic heterocycles. The van der Waals surface area contributed by atoms with Gasteiger partial charge in [0.1, 0.15) is 0 Å². The molecule has 0 aliphatic carbocycles. The molecular formula is C12H7ClOSe. The molecule has 0 atom stereocenters. The van der Waals surface area contributed by atoms with E-state index in [1.807, 2.05) is 18.2 Å². The van der Waals surface area contributed by atoms with Crippen LogP contribution in [-0.2, 0) is 0 Å². The van der Waals surface area contributed by atoms with Crippen LogP contribution in [0.2, 0.25) is 5.02 Å². The average molecular weight is 282 g/mol. The number of hydrogen-bond donors (Lipinski definition) is 1. The zero-order chi connectivity index (χ0) is 10.4. The quantitative estimate of drug-likeness (QED) is 0.626. The molecule has 3 aromatic rings. The predicted octanol–water partition coefficient (Wildman–Crippen LogP) is 3.41. The van der Waals surface area contributed by atoms with Gasteiger partial charge >= 0.3 is 97.7 Å². The molecule has 0 aliphatic rings. The summed E-state index contributed by atoms with van der Waals surface area (Å²) in [4.78, 5) is 0. The Kier molecular flexibility index (Phi) is 2.03. The van der Waals surface area contributed by atoms with Crippen molar-refractivity contribution in [3.63, 3.8) is 0 Å². The second-order valence-electron chi connectivity index (χ2n) is 3.40. The summed E-state index contributed by atoms with van der Waals surface area (Å²) < 4.78 is 2.49. The summed E-state index contributed by atoms with van der Waals surface area (Å²) in [6.07, 6.45) is 0. The van der Waals surface area contributed by atoms with Crippen LogP contribution >= 0.6 is 11.6 Å². The molecule has 15 heavy (non-hydrogen) atoms. The molecule has 0 aliphatic heterocycles. The first-order valence-corrected chi connectivity index (χ1v) is 6.64. The number of benzene rings is 2. The summed E-state index contributed by atoms with van der Waals surface area (Å²) in [5, 5.41) is 12.6. The van der Waals surface area contributed by atoms with Crippen LogP contribution in [0.1, 0.15) is 0 Å². The second kappa shape index (κ2) is 3.28. The van der Waals surface area contributed by atoms with Gasteiger partial charge in [-0.05, 0) is 0 Å². The minimum atomic E-state index is 0.272. The Labute approximate surface area is 97.6 Å². The van der Waals surface area contributed by atoms with E-state index in [4.69, 9.17) is 11.6 Å². The van der Waals surface area contributed by atoms with Gasteiger partial charge in [-0.25, -0.2) is 0 Å². The van der Waals surface area contributed by atoms with Crippen molar-refractivity contribution < 1.29 is 5.11 Å². The van der Waals surface area contributed by atoms with Gasteiger partial charge in [0.2, 0.25) is 0 Å². The molecule has 0 unspecified atom stereocenters. The van der Waals surface area contributed by atoms with E-state index in [9.17, 15) is 5.11 Å². The van der Waals surface area contributed by atoms with Gasteiger partial charge < -0.3 is 0 Å². The Morgan fingerprint density at radius 2 is 1.87 bits per heavy atom. The van der Waals surface area contributed by atoms with Gasteiger partial charge in [0.25, 0.3) is 0 Å². The average Bonchev–Trinajstić information content (AvgIpc) is 2.54. The molecule has 3 rings (SSSR count). The molecule has 0 saturated carbocycles. The van der Waals surface area contributed by atoms with Crippen molar-refractivity contribution in [2.45, 2.75) is 0 Å². The number of fused-ring (bicyclic) bond motifs is 3. The number of halogens is 1. The number of rotatable bonds is 0. The molecular weight excluding hydrogens is 275 g/mol. The zero-order valence-corrected chi connectivity index (χ0v) is 10.2. The third-order valence-corrected chi connectivity index (χ3v) is 4.99. The third-order valence-electron chi connectivity index (χ3n) is 2.42. The van der Waals surface area contributed by atoms with Crippen molar-refractivity contribution in [2.75, 3.05) is 0 Å². The van der Waals surface area contributed by atoms with Crippen LogP contribution in [0.15, 0.2) is 36.4 Å². The Morgan fingerprint density at radius 3 is 2.73 bits per heavy atom. The third kappa shape index (κ3) is 1.37. The monoisotopic (exact) mass is 282 g/mol. The summed E-state index contributed by atoms with van der Waals surface area (Å²) in [7, 11) is 0. The van der Waals surface area contributed by atoms with E-state index in [1.165, 1.54) is 8.52 Å². The number of phenols is 1. The van der Waals surface area contributed by atoms with Gasteiger partial charge in [0.05, 0.1) is 0 Å². The van der Waals surface area contributed by atoms with Gasteiger partial charge in [0.15, 0.2) is 0 Å². The standard InChI is InChI=1S/C12H7ClOSe/c13-7-5-9(14)12-8-3-1-2-4-10(8)15-11(12)6-7/h1-6,14H. The van der Waals surface area contributed by atoms with Crippen LogP contribution in [0.3, 0.4) is 0 Å². The molecule has 74 valence electrons. The molecule has 1 heterocycles. The second-order valence-corrected chi connectivity index (χ2v) is 6.11. The maximum atomic E-state index is 9.88. The first-order valence-electron chi connectivity index (χ1n) is 4.55. The van der Waals surface area contributed by atoms with Crippen LogP contribution in [0.5, 0.6) is 5.75 Å². The topological polar surface area (TPSA) is 20.2 Å². The van der Waals surface area contributed by atoms with Crippen LogP contribution in [-0.4, -0.2) is 19.6 Å². The fourth-order valence-corrected chi connectivity index (χ4v) is 4.61. The van der Waals surface area contributed by atoms with Gasteiger partial charge in [-0.15, -0.1) is 0 Å². The molecule has 0 fully saturated rings. The van der Waals surface area contributed by atoms with Crippen LogP contribution < -0.4 is 0 Å². The Morgan fingerprint density at radius 1 is 1.07 bits per heavy atom. The molecule has 1 nitrogen and oxygen atoms in total. The molecule has 2 aromatic carbocycles. The van der Waals surface area contributed by atoms with E-state index in [0.29, 0.717) is 10.8 Å². The molecule has 1 N–H and O–H groups in total. The Balaban J connectivity index is 2.61. The summed E-state index contributed by atoms with van der Waals surface area (Å²) in [5.41, 5.74) is 0. The van der Waals surface area contributed by atoms with Crippen LogP contribution in [0.4, 0.5) is 0 Å². The Hall–Kier alpha value is -0.951. The van der Waals surface area contributed by atoms with Crippen molar-refractivity contribution in [1.82, 2.24) is 0 Å². The zero-order valence-electron chi connectivity index (χ0n) is 7.70. The fraction of sp³-hybridized carbons (Fsp3) is 0. The van der Waals surface area contributed by atoms with E-state index >= 15 is 0 Å². The van der Waals surface area contributed by atoms with Crippen LogP contribution in [0.25, 0.3) is 19.3 Å². The fourth-order valence-electron chi connectivity index (χ4n) is 1.80. The summed E-state index contributed by atoms with van der Waals surface area (Å²) in [6, 6.07) is 11.8. The SMILES string of the molecule is Oc1cc(Cl)cc2[se]c3ccccc3c12. The summed E-state index contributed by atoms with van der Waals surface area (Å²) >= 11 is 6.19. The number of aromatic hydroxyl groups is 1. The van der Waals surface area contributed by atoms with Crippen LogP contribution in [0, 0.1) is 0 Å². The Bertz CT molecular complexity index is 657. The minimum absolute atomic E-state index is 0.272. The van der Waals surface area contributed by atoms with Crippen molar-refractivity contribution in [1.29, 1.82) is 0 Å². The van der Waals surface area contributed by atoms with E-state index < -0.39 is 0 Å². The molecule has 0 radical (unpaired) electrons. The first-order chi connectivity index (χ1) is 7.25. The molecule has 0 spiro atoms. The van der Waals surface area contributed by atoms with Gasteiger partial charge in [-0.1, -0.05) is 0 Å². The van der Waals surface area contributed by atoms with Crippen molar-refractivity contribution in [3.05, 3.63) is 41.4 Å². The molecule has 0 saturated heterocycles. The van der Waals surface area contributed by atoms with E-state index in [1.54, 1.807) is 6.07 Å². The molecule has 0 bridgehead atoms. The number of phenolic OH excluding ortho intramolecular Hbond substituents is 1.